The smallest absolute Gasteiger partial charge is 0.295 e. The van der Waals surface area contributed by atoms with Crippen LogP contribution in [-0.2, 0) is 0 Å². The molecule has 0 amide bonds. The van der Waals surface area contributed by atoms with Gasteiger partial charge < -0.3 is 0 Å². The number of alkyl halides is 3. The fraction of sp³-hybridized carbons (Fsp3) is 0.364. The van der Waals surface area contributed by atoms with Crippen LogP contribution in [0.3, 0.4) is 0 Å². The molecule has 1 unspecified atom stereocenters. The Morgan fingerprint density at radius 1 is 1.27 bits per heavy atom. The van der Waals surface area contributed by atoms with Crippen LogP contribution in [0.1, 0.15) is 35.7 Å². The molecule has 1 atom stereocenters. The molecular weight excluding hydrogens is 205 g/mol. The number of rotatable bonds is 2. The number of carbonyl (C=O) groups excluding carboxylic acids is 1. The predicted octanol–water partition coefficient (Wildman–Crippen LogP) is 3.56. The Morgan fingerprint density at radius 2 is 1.80 bits per heavy atom. The van der Waals surface area contributed by atoms with Crippen molar-refractivity contribution in [1.82, 2.24) is 0 Å². The summed E-state index contributed by atoms with van der Waals surface area (Å²) in [6.45, 7) is 2.32. The second-order valence-corrected chi connectivity index (χ2v) is 3.41. The van der Waals surface area contributed by atoms with E-state index in [-0.39, 0.29) is 16.9 Å². The minimum atomic E-state index is -4.31. The quantitative estimate of drug-likeness (QED) is 0.691. The molecule has 1 aromatic carbocycles. The van der Waals surface area contributed by atoms with Crippen LogP contribution >= 0.6 is 0 Å². The molecule has 1 nitrogen and oxygen atoms in total. The van der Waals surface area contributed by atoms with E-state index in [1.54, 1.807) is 6.07 Å². The molecule has 0 aromatic heterocycles. The molecular formula is C11H11F3O. The molecule has 0 N–H and O–H groups in total. The van der Waals surface area contributed by atoms with Crippen molar-refractivity contribution in [3.8, 4) is 0 Å². The minimum absolute atomic E-state index is 0.0394. The van der Waals surface area contributed by atoms with E-state index in [2.05, 4.69) is 0 Å². The van der Waals surface area contributed by atoms with Crippen molar-refractivity contribution < 1.29 is 18.0 Å². The molecule has 0 heterocycles. The third-order valence-corrected chi connectivity index (χ3v) is 2.30. The standard InChI is InChI=1S/C11H11F3O/c1-7(11(12,13)14)9-5-3-4-6-10(9)8(2)15/h3-7H,1-2H3. The number of hydrogen-bond acceptors (Lipinski definition) is 1. The third kappa shape index (κ3) is 2.58. The molecule has 4 heteroatoms. The molecule has 1 aromatic rings. The van der Waals surface area contributed by atoms with Crippen molar-refractivity contribution in [3.63, 3.8) is 0 Å². The van der Waals surface area contributed by atoms with E-state index in [4.69, 9.17) is 0 Å². The maximum Gasteiger partial charge on any atom is 0.395 e. The summed E-state index contributed by atoms with van der Waals surface area (Å²) >= 11 is 0. The summed E-state index contributed by atoms with van der Waals surface area (Å²) in [5, 5.41) is 0. The molecule has 0 fully saturated rings. The molecule has 0 saturated heterocycles. The largest absolute Gasteiger partial charge is 0.395 e. The monoisotopic (exact) mass is 216 g/mol. The zero-order valence-corrected chi connectivity index (χ0v) is 8.43. The highest BCUT2D eigenvalue weighted by Gasteiger charge is 2.38. The van der Waals surface area contributed by atoms with Gasteiger partial charge in [0.2, 0.25) is 0 Å². The van der Waals surface area contributed by atoms with Crippen LogP contribution in [0.5, 0.6) is 0 Å². The molecule has 0 aliphatic carbocycles. The van der Waals surface area contributed by atoms with Crippen LogP contribution < -0.4 is 0 Å². The highest BCUT2D eigenvalue weighted by atomic mass is 19.4. The van der Waals surface area contributed by atoms with Gasteiger partial charge >= 0.3 is 6.18 Å². The van der Waals surface area contributed by atoms with Gasteiger partial charge in [-0.15, -0.1) is 0 Å². The Balaban J connectivity index is 3.19. The minimum Gasteiger partial charge on any atom is -0.295 e. The topological polar surface area (TPSA) is 17.1 Å². The van der Waals surface area contributed by atoms with Crippen molar-refractivity contribution in [2.75, 3.05) is 0 Å². The normalized spacial score (nSPS) is 13.7. The van der Waals surface area contributed by atoms with Crippen LogP contribution in [0.2, 0.25) is 0 Å². The van der Waals surface area contributed by atoms with Crippen molar-refractivity contribution in [1.29, 1.82) is 0 Å². The second kappa shape index (κ2) is 4.04. The van der Waals surface area contributed by atoms with Crippen LogP contribution in [0, 0.1) is 0 Å². The molecule has 82 valence electrons. The fourth-order valence-electron chi connectivity index (χ4n) is 1.37. The number of benzene rings is 1. The molecule has 0 bridgehead atoms. The van der Waals surface area contributed by atoms with Gasteiger partial charge in [0.1, 0.15) is 0 Å². The molecule has 0 radical (unpaired) electrons. The first kappa shape index (κ1) is 11.8. The van der Waals surface area contributed by atoms with Crippen LogP contribution in [0.15, 0.2) is 24.3 Å². The number of ketones is 1. The fourth-order valence-corrected chi connectivity index (χ4v) is 1.37. The number of hydrogen-bond donors (Lipinski definition) is 0. The predicted molar refractivity (Wildman–Crippen MR) is 50.9 cm³/mol. The zero-order chi connectivity index (χ0) is 11.6. The Bertz CT molecular complexity index is 368. The van der Waals surface area contributed by atoms with Gasteiger partial charge in [0.25, 0.3) is 0 Å². The lowest BCUT2D eigenvalue weighted by molar-refractivity contribution is -0.146. The van der Waals surface area contributed by atoms with E-state index in [0.717, 1.165) is 6.92 Å². The van der Waals surface area contributed by atoms with Crippen molar-refractivity contribution in [2.24, 2.45) is 0 Å². The van der Waals surface area contributed by atoms with E-state index < -0.39 is 12.1 Å². The van der Waals surface area contributed by atoms with Crippen LogP contribution in [0.4, 0.5) is 13.2 Å². The van der Waals surface area contributed by atoms with Gasteiger partial charge in [-0.3, -0.25) is 4.79 Å². The lowest BCUT2D eigenvalue weighted by Gasteiger charge is -2.18. The van der Waals surface area contributed by atoms with E-state index in [9.17, 15) is 18.0 Å². The molecule has 15 heavy (non-hydrogen) atoms. The summed E-state index contributed by atoms with van der Waals surface area (Å²) in [7, 11) is 0. The summed E-state index contributed by atoms with van der Waals surface area (Å²) in [5.74, 6) is -1.96. The van der Waals surface area contributed by atoms with Crippen LogP contribution in [0.25, 0.3) is 0 Å². The Hall–Kier alpha value is -1.32. The Kier molecular flexibility index (Phi) is 3.17. The molecule has 0 aliphatic heterocycles. The Labute approximate surface area is 85.9 Å². The maximum absolute atomic E-state index is 12.5. The van der Waals surface area contributed by atoms with E-state index >= 15 is 0 Å². The first-order chi connectivity index (χ1) is 6.84. The molecule has 0 aliphatic rings. The summed E-state index contributed by atoms with van der Waals surface area (Å²) in [6, 6.07) is 5.82. The highest BCUT2D eigenvalue weighted by Crippen LogP contribution is 2.35. The SMILES string of the molecule is CC(=O)c1ccccc1C(C)C(F)(F)F. The van der Waals surface area contributed by atoms with Gasteiger partial charge in [0.15, 0.2) is 5.78 Å². The lowest BCUT2D eigenvalue weighted by atomic mass is 9.93. The van der Waals surface area contributed by atoms with Gasteiger partial charge in [0.05, 0.1) is 5.92 Å². The van der Waals surface area contributed by atoms with Crippen molar-refractivity contribution in [2.45, 2.75) is 25.9 Å². The average Bonchev–Trinajstić information content (AvgIpc) is 2.15. The van der Waals surface area contributed by atoms with Crippen LogP contribution in [-0.4, -0.2) is 12.0 Å². The van der Waals surface area contributed by atoms with E-state index in [1.165, 1.54) is 25.1 Å². The van der Waals surface area contributed by atoms with E-state index in [1.807, 2.05) is 0 Å². The molecule has 0 saturated carbocycles. The Morgan fingerprint density at radius 3 is 2.27 bits per heavy atom. The first-order valence-electron chi connectivity index (χ1n) is 4.50. The number of Topliss-reactive ketones (excluding diaryl/α,β-unsaturated/α-hetero) is 1. The zero-order valence-electron chi connectivity index (χ0n) is 8.43. The summed E-state index contributed by atoms with van der Waals surface area (Å²) in [5.41, 5.74) is 0.180. The van der Waals surface area contributed by atoms with Gasteiger partial charge in [-0.05, 0) is 19.4 Å². The molecule has 1 rings (SSSR count). The third-order valence-electron chi connectivity index (χ3n) is 2.30. The number of carbonyl (C=O) groups is 1. The van der Waals surface area contributed by atoms with Crippen molar-refractivity contribution >= 4 is 5.78 Å². The van der Waals surface area contributed by atoms with Gasteiger partial charge in [-0.1, -0.05) is 24.3 Å². The average molecular weight is 216 g/mol. The number of halogens is 3. The molecule has 0 spiro atoms. The van der Waals surface area contributed by atoms with Gasteiger partial charge in [-0.2, -0.15) is 13.2 Å². The maximum atomic E-state index is 12.5. The summed E-state index contributed by atoms with van der Waals surface area (Å²) in [4.78, 5) is 11.1. The summed E-state index contributed by atoms with van der Waals surface area (Å²) < 4.78 is 37.4. The van der Waals surface area contributed by atoms with E-state index in [0.29, 0.717) is 0 Å². The first-order valence-corrected chi connectivity index (χ1v) is 4.50. The van der Waals surface area contributed by atoms with Gasteiger partial charge in [0, 0.05) is 5.56 Å². The summed E-state index contributed by atoms with van der Waals surface area (Å²) in [6.07, 6.45) is -4.31. The van der Waals surface area contributed by atoms with Gasteiger partial charge in [-0.25, -0.2) is 0 Å². The lowest BCUT2D eigenvalue weighted by Crippen LogP contribution is -2.19. The highest BCUT2D eigenvalue weighted by molar-refractivity contribution is 5.95. The second-order valence-electron chi connectivity index (χ2n) is 3.41. The van der Waals surface area contributed by atoms with Crippen molar-refractivity contribution in [3.05, 3.63) is 35.4 Å².